The van der Waals surface area contributed by atoms with Crippen molar-refractivity contribution in [2.24, 2.45) is 0 Å². The molecule has 1 radical (unpaired) electrons. The molecule has 0 saturated heterocycles. The average molecular weight is 242 g/mol. The monoisotopic (exact) mass is 242 g/mol. The van der Waals surface area contributed by atoms with Crippen molar-refractivity contribution >= 4 is 11.4 Å². The van der Waals surface area contributed by atoms with Gasteiger partial charge in [-0.25, -0.2) is 0 Å². The molecule has 1 N–H and O–H groups in total. The van der Waals surface area contributed by atoms with Crippen LogP contribution >= 0.6 is 0 Å². The van der Waals surface area contributed by atoms with Gasteiger partial charge in [0.05, 0.1) is 19.4 Å². The Morgan fingerprint density at radius 3 is 2.61 bits per heavy atom. The quantitative estimate of drug-likeness (QED) is 0.868. The summed E-state index contributed by atoms with van der Waals surface area (Å²) in [6, 6.07) is 16.4. The molecule has 0 heterocycles. The summed E-state index contributed by atoms with van der Waals surface area (Å²) in [6.45, 7) is 2.65. The molecule has 0 aliphatic heterocycles. The van der Waals surface area contributed by atoms with Crippen LogP contribution in [0.15, 0.2) is 42.5 Å². The standard InChI is InChI=1S/C15H16NO2/c1-3-18-13-10-8-12(9-11-13)16-14-6-4-5-7-15(14)17-2/h4,6-11,16H,3H2,1-2H3. The van der Waals surface area contributed by atoms with Crippen molar-refractivity contribution in [3.63, 3.8) is 0 Å². The van der Waals surface area contributed by atoms with Gasteiger partial charge in [-0.2, -0.15) is 0 Å². The number of nitrogens with one attached hydrogen (secondary N) is 1. The maximum absolute atomic E-state index is 5.40. The van der Waals surface area contributed by atoms with Crippen molar-refractivity contribution < 1.29 is 9.47 Å². The molecule has 0 aliphatic carbocycles. The molecular weight excluding hydrogens is 226 g/mol. The van der Waals surface area contributed by atoms with E-state index in [1.165, 1.54) is 0 Å². The van der Waals surface area contributed by atoms with Gasteiger partial charge < -0.3 is 14.8 Å². The number of ether oxygens (including phenoxy) is 2. The van der Waals surface area contributed by atoms with Crippen LogP contribution in [0.4, 0.5) is 11.4 Å². The molecule has 0 unspecified atom stereocenters. The van der Waals surface area contributed by atoms with Gasteiger partial charge in [-0.1, -0.05) is 6.07 Å². The third-order valence-electron chi connectivity index (χ3n) is 2.49. The molecule has 0 saturated carbocycles. The van der Waals surface area contributed by atoms with Gasteiger partial charge in [0, 0.05) is 5.69 Å². The van der Waals surface area contributed by atoms with Crippen molar-refractivity contribution in [1.82, 2.24) is 0 Å². The van der Waals surface area contributed by atoms with Crippen LogP contribution in [-0.2, 0) is 0 Å². The summed E-state index contributed by atoms with van der Waals surface area (Å²) >= 11 is 0. The van der Waals surface area contributed by atoms with Crippen molar-refractivity contribution in [3.05, 3.63) is 48.5 Å². The number of hydrogen-bond acceptors (Lipinski definition) is 3. The van der Waals surface area contributed by atoms with Crippen LogP contribution in [0.3, 0.4) is 0 Å². The zero-order valence-corrected chi connectivity index (χ0v) is 10.6. The second-order valence-corrected chi connectivity index (χ2v) is 3.71. The van der Waals surface area contributed by atoms with E-state index in [2.05, 4.69) is 11.4 Å². The molecule has 2 aromatic carbocycles. The van der Waals surface area contributed by atoms with Gasteiger partial charge in [0.25, 0.3) is 0 Å². The van der Waals surface area contributed by atoms with E-state index in [0.29, 0.717) is 6.61 Å². The lowest BCUT2D eigenvalue weighted by Gasteiger charge is -2.11. The normalized spacial score (nSPS) is 9.89. The van der Waals surface area contributed by atoms with E-state index in [-0.39, 0.29) is 0 Å². The molecule has 0 aromatic heterocycles. The second kappa shape index (κ2) is 5.96. The Balaban J connectivity index is 2.13. The highest BCUT2D eigenvalue weighted by Crippen LogP contribution is 2.27. The fourth-order valence-corrected chi connectivity index (χ4v) is 1.64. The maximum Gasteiger partial charge on any atom is 0.142 e. The minimum Gasteiger partial charge on any atom is -0.495 e. The largest absolute Gasteiger partial charge is 0.495 e. The predicted molar refractivity (Wildman–Crippen MR) is 72.7 cm³/mol. The lowest BCUT2D eigenvalue weighted by molar-refractivity contribution is 0.340. The summed E-state index contributed by atoms with van der Waals surface area (Å²) in [7, 11) is 1.65. The fourth-order valence-electron chi connectivity index (χ4n) is 1.64. The van der Waals surface area contributed by atoms with E-state index in [1.54, 1.807) is 13.2 Å². The summed E-state index contributed by atoms with van der Waals surface area (Å²) in [5.74, 6) is 1.64. The molecule has 3 nitrogen and oxygen atoms in total. The van der Waals surface area contributed by atoms with Crippen LogP contribution in [0.5, 0.6) is 11.5 Å². The van der Waals surface area contributed by atoms with Crippen LogP contribution in [0.1, 0.15) is 6.92 Å². The molecule has 2 rings (SSSR count). The molecule has 18 heavy (non-hydrogen) atoms. The number of benzene rings is 2. The Bertz CT molecular complexity index is 494. The van der Waals surface area contributed by atoms with Crippen molar-refractivity contribution in [2.75, 3.05) is 19.0 Å². The highest BCUT2D eigenvalue weighted by Gasteiger charge is 2.01. The Morgan fingerprint density at radius 1 is 1.17 bits per heavy atom. The first kappa shape index (κ1) is 12.3. The molecule has 0 amide bonds. The topological polar surface area (TPSA) is 30.5 Å². The first-order valence-electron chi connectivity index (χ1n) is 5.87. The van der Waals surface area contributed by atoms with Gasteiger partial charge in [-0.15, -0.1) is 0 Å². The summed E-state index contributed by atoms with van der Waals surface area (Å²) in [6.07, 6.45) is 0. The Hall–Kier alpha value is -2.16. The van der Waals surface area contributed by atoms with Crippen LogP contribution in [0, 0.1) is 6.07 Å². The highest BCUT2D eigenvalue weighted by molar-refractivity contribution is 5.66. The van der Waals surface area contributed by atoms with Crippen LogP contribution in [0.25, 0.3) is 0 Å². The third-order valence-corrected chi connectivity index (χ3v) is 2.49. The van der Waals surface area contributed by atoms with E-state index in [4.69, 9.17) is 9.47 Å². The molecule has 0 atom stereocenters. The summed E-state index contributed by atoms with van der Waals surface area (Å²) in [5.41, 5.74) is 1.91. The molecule has 0 aliphatic rings. The van der Waals surface area contributed by atoms with Gasteiger partial charge in [0.15, 0.2) is 0 Å². The van der Waals surface area contributed by atoms with Crippen molar-refractivity contribution in [1.29, 1.82) is 0 Å². The van der Waals surface area contributed by atoms with E-state index < -0.39 is 0 Å². The van der Waals surface area contributed by atoms with Gasteiger partial charge in [0.1, 0.15) is 11.5 Å². The number of hydrogen-bond donors (Lipinski definition) is 1. The molecule has 2 aromatic rings. The molecule has 0 bridgehead atoms. The van der Waals surface area contributed by atoms with Crippen LogP contribution in [0.2, 0.25) is 0 Å². The molecular formula is C15H16NO2. The van der Waals surface area contributed by atoms with E-state index >= 15 is 0 Å². The lowest BCUT2D eigenvalue weighted by Crippen LogP contribution is -1.95. The lowest BCUT2D eigenvalue weighted by atomic mass is 10.2. The summed E-state index contributed by atoms with van der Waals surface area (Å²) < 4.78 is 10.7. The Kier molecular flexibility index (Phi) is 4.07. The van der Waals surface area contributed by atoms with E-state index in [1.807, 2.05) is 43.3 Å². The Morgan fingerprint density at radius 2 is 1.94 bits per heavy atom. The van der Waals surface area contributed by atoms with Gasteiger partial charge in [-0.05, 0) is 49.4 Å². The van der Waals surface area contributed by atoms with Crippen LogP contribution in [-0.4, -0.2) is 13.7 Å². The Labute approximate surface area is 107 Å². The first-order valence-corrected chi connectivity index (χ1v) is 5.87. The van der Waals surface area contributed by atoms with Crippen molar-refractivity contribution in [2.45, 2.75) is 6.92 Å². The predicted octanol–water partition coefficient (Wildman–Crippen LogP) is 3.64. The third kappa shape index (κ3) is 2.94. The van der Waals surface area contributed by atoms with E-state index in [0.717, 1.165) is 22.9 Å². The zero-order valence-electron chi connectivity index (χ0n) is 10.6. The number of anilines is 2. The van der Waals surface area contributed by atoms with Gasteiger partial charge >= 0.3 is 0 Å². The summed E-state index contributed by atoms with van der Waals surface area (Å²) in [4.78, 5) is 0. The molecule has 0 spiro atoms. The average Bonchev–Trinajstić information content (AvgIpc) is 2.42. The maximum atomic E-state index is 5.40. The zero-order chi connectivity index (χ0) is 12.8. The molecule has 93 valence electrons. The summed E-state index contributed by atoms with van der Waals surface area (Å²) in [5, 5.41) is 3.29. The smallest absolute Gasteiger partial charge is 0.142 e. The van der Waals surface area contributed by atoms with E-state index in [9.17, 15) is 0 Å². The van der Waals surface area contributed by atoms with Crippen molar-refractivity contribution in [3.8, 4) is 11.5 Å². The minimum atomic E-state index is 0.676. The SMILES string of the molecule is CCOc1ccc(Nc2cc[c]cc2OC)cc1. The minimum absolute atomic E-state index is 0.676. The van der Waals surface area contributed by atoms with Gasteiger partial charge in [0.2, 0.25) is 0 Å². The molecule has 3 heteroatoms. The highest BCUT2D eigenvalue weighted by atomic mass is 16.5. The fraction of sp³-hybridized carbons (Fsp3) is 0.200. The van der Waals surface area contributed by atoms with Crippen LogP contribution < -0.4 is 14.8 Å². The number of methoxy groups -OCH3 is 1. The second-order valence-electron chi connectivity index (χ2n) is 3.71. The number of rotatable bonds is 5. The molecule has 0 fully saturated rings. The first-order chi connectivity index (χ1) is 8.83. The van der Waals surface area contributed by atoms with Gasteiger partial charge in [-0.3, -0.25) is 0 Å².